The summed E-state index contributed by atoms with van der Waals surface area (Å²) in [5, 5.41) is 7.35. The van der Waals surface area contributed by atoms with Crippen LogP contribution < -0.4 is 10.1 Å². The van der Waals surface area contributed by atoms with E-state index in [4.69, 9.17) is 9.26 Å². The SMILES string of the molecule is COc1ccc(-c2noc(C3CCCN(C(=O)NC4CCCCC4)C3)n2)cc1. The van der Waals surface area contributed by atoms with Gasteiger partial charge in [-0.1, -0.05) is 24.4 Å². The van der Waals surface area contributed by atoms with Crippen LogP contribution in [0.15, 0.2) is 28.8 Å². The summed E-state index contributed by atoms with van der Waals surface area (Å²) >= 11 is 0. The van der Waals surface area contributed by atoms with E-state index in [1.54, 1.807) is 7.11 Å². The molecule has 1 saturated carbocycles. The Morgan fingerprint density at radius 2 is 1.93 bits per heavy atom. The Bertz CT molecular complexity index is 783. The number of carbonyl (C=O) groups is 1. The van der Waals surface area contributed by atoms with Crippen molar-refractivity contribution in [3.05, 3.63) is 30.2 Å². The topological polar surface area (TPSA) is 80.5 Å². The zero-order valence-corrected chi connectivity index (χ0v) is 16.4. The number of urea groups is 1. The summed E-state index contributed by atoms with van der Waals surface area (Å²) in [6.07, 6.45) is 7.80. The maximum absolute atomic E-state index is 12.7. The second-order valence-electron chi connectivity index (χ2n) is 7.75. The number of carbonyl (C=O) groups excluding carboxylic acids is 1. The highest BCUT2D eigenvalue weighted by Crippen LogP contribution is 2.28. The number of hydrogen-bond donors (Lipinski definition) is 1. The van der Waals surface area contributed by atoms with E-state index in [2.05, 4.69) is 15.5 Å². The van der Waals surface area contributed by atoms with Crippen LogP contribution in [0.1, 0.15) is 56.8 Å². The summed E-state index contributed by atoms with van der Waals surface area (Å²) in [4.78, 5) is 19.2. The molecule has 2 fully saturated rings. The molecule has 1 aliphatic heterocycles. The first-order valence-electron chi connectivity index (χ1n) is 10.3. The zero-order chi connectivity index (χ0) is 19.3. The molecule has 0 spiro atoms. The minimum atomic E-state index is 0.0477. The second kappa shape index (κ2) is 8.63. The van der Waals surface area contributed by atoms with Crippen LogP contribution in [0, 0.1) is 0 Å². The number of likely N-dealkylation sites (tertiary alicyclic amines) is 1. The van der Waals surface area contributed by atoms with Crippen LogP contribution in [0.4, 0.5) is 4.79 Å². The summed E-state index contributed by atoms with van der Waals surface area (Å²) in [6.45, 7) is 1.41. The Kier molecular flexibility index (Phi) is 5.78. The summed E-state index contributed by atoms with van der Waals surface area (Å²) in [6, 6.07) is 7.96. The standard InChI is InChI=1S/C21H28N4O3/c1-27-18-11-9-15(10-12-18)19-23-20(28-24-19)16-6-5-13-25(14-16)21(26)22-17-7-3-2-4-8-17/h9-12,16-17H,2-8,13-14H2,1H3,(H,22,26). The highest BCUT2D eigenvalue weighted by Gasteiger charge is 2.29. The Morgan fingerprint density at radius 1 is 1.14 bits per heavy atom. The highest BCUT2D eigenvalue weighted by atomic mass is 16.5. The van der Waals surface area contributed by atoms with Crippen LogP contribution in [-0.2, 0) is 0 Å². The first-order valence-corrected chi connectivity index (χ1v) is 10.3. The lowest BCUT2D eigenvalue weighted by molar-refractivity contribution is 0.166. The van der Waals surface area contributed by atoms with Crippen LogP contribution in [0.3, 0.4) is 0 Å². The predicted octanol–water partition coefficient (Wildman–Crippen LogP) is 3.97. The van der Waals surface area contributed by atoms with Gasteiger partial charge in [0.25, 0.3) is 0 Å². The number of nitrogens with zero attached hydrogens (tertiary/aromatic N) is 3. The summed E-state index contributed by atoms with van der Waals surface area (Å²) in [7, 11) is 1.64. The third-order valence-electron chi connectivity index (χ3n) is 5.78. The molecule has 1 aromatic heterocycles. The second-order valence-corrected chi connectivity index (χ2v) is 7.75. The monoisotopic (exact) mass is 384 g/mol. The van der Waals surface area contributed by atoms with E-state index in [1.807, 2.05) is 29.2 Å². The van der Waals surface area contributed by atoms with E-state index >= 15 is 0 Å². The van der Waals surface area contributed by atoms with E-state index in [0.717, 1.165) is 43.5 Å². The van der Waals surface area contributed by atoms with Gasteiger partial charge in [0.2, 0.25) is 11.7 Å². The van der Waals surface area contributed by atoms with Gasteiger partial charge in [-0.15, -0.1) is 0 Å². The third kappa shape index (κ3) is 4.29. The van der Waals surface area contributed by atoms with Crippen molar-refractivity contribution >= 4 is 6.03 Å². The average molecular weight is 384 g/mol. The van der Waals surface area contributed by atoms with E-state index in [1.165, 1.54) is 19.3 Å². The lowest BCUT2D eigenvalue weighted by atomic mass is 9.95. The molecule has 0 bridgehead atoms. The van der Waals surface area contributed by atoms with E-state index in [9.17, 15) is 4.79 Å². The van der Waals surface area contributed by atoms with Crippen LogP contribution in [0.25, 0.3) is 11.4 Å². The Hall–Kier alpha value is -2.57. The molecule has 1 aromatic carbocycles. The lowest BCUT2D eigenvalue weighted by Crippen LogP contribution is -2.48. The summed E-state index contributed by atoms with van der Waals surface area (Å²) in [5.41, 5.74) is 0.888. The van der Waals surface area contributed by atoms with Crippen LogP contribution in [-0.4, -0.2) is 47.3 Å². The number of rotatable bonds is 4. The van der Waals surface area contributed by atoms with Crippen molar-refractivity contribution in [2.24, 2.45) is 0 Å². The van der Waals surface area contributed by atoms with Crippen molar-refractivity contribution in [1.29, 1.82) is 0 Å². The normalized spacial score (nSPS) is 20.8. The van der Waals surface area contributed by atoms with Crippen LogP contribution in [0.2, 0.25) is 0 Å². The quantitative estimate of drug-likeness (QED) is 0.863. The Labute approximate surface area is 165 Å². The lowest BCUT2D eigenvalue weighted by Gasteiger charge is -2.33. The van der Waals surface area contributed by atoms with Crippen LogP contribution >= 0.6 is 0 Å². The molecule has 7 nitrogen and oxygen atoms in total. The number of hydrogen-bond acceptors (Lipinski definition) is 5. The number of piperidine rings is 1. The molecular formula is C21H28N4O3. The molecule has 1 saturated heterocycles. The average Bonchev–Trinajstić information content (AvgIpc) is 3.25. The maximum Gasteiger partial charge on any atom is 0.317 e. The fraction of sp³-hybridized carbons (Fsp3) is 0.571. The molecular weight excluding hydrogens is 356 g/mol. The fourth-order valence-electron chi connectivity index (χ4n) is 4.13. The van der Waals surface area contributed by atoms with Crippen molar-refractivity contribution in [2.45, 2.75) is 56.9 Å². The molecule has 2 amide bonds. The molecule has 4 rings (SSSR count). The van der Waals surface area contributed by atoms with Gasteiger partial charge in [0.15, 0.2) is 0 Å². The van der Waals surface area contributed by atoms with E-state index in [-0.39, 0.29) is 11.9 Å². The Balaban J connectivity index is 1.38. The summed E-state index contributed by atoms with van der Waals surface area (Å²) < 4.78 is 10.7. The van der Waals surface area contributed by atoms with Crippen LogP contribution in [0.5, 0.6) is 5.75 Å². The minimum absolute atomic E-state index is 0.0477. The maximum atomic E-state index is 12.7. The molecule has 0 radical (unpaired) electrons. The van der Waals surface area contributed by atoms with Gasteiger partial charge in [-0.25, -0.2) is 4.79 Å². The first-order chi connectivity index (χ1) is 13.7. The fourth-order valence-corrected chi connectivity index (χ4v) is 4.13. The van der Waals surface area contributed by atoms with Crippen molar-refractivity contribution in [1.82, 2.24) is 20.4 Å². The number of ether oxygens (including phenoxy) is 1. The van der Waals surface area contributed by atoms with Crippen molar-refractivity contribution in [3.63, 3.8) is 0 Å². The highest BCUT2D eigenvalue weighted by molar-refractivity contribution is 5.74. The number of aromatic nitrogens is 2. The van der Waals surface area contributed by atoms with E-state index < -0.39 is 0 Å². The molecule has 150 valence electrons. The molecule has 1 N–H and O–H groups in total. The zero-order valence-electron chi connectivity index (χ0n) is 16.4. The van der Waals surface area contributed by atoms with Gasteiger partial charge in [-0.2, -0.15) is 4.98 Å². The third-order valence-corrected chi connectivity index (χ3v) is 5.78. The molecule has 2 aromatic rings. The molecule has 1 unspecified atom stereocenters. The van der Waals surface area contributed by atoms with Crippen molar-refractivity contribution in [2.75, 3.05) is 20.2 Å². The van der Waals surface area contributed by atoms with Gasteiger partial charge >= 0.3 is 6.03 Å². The Morgan fingerprint density at radius 3 is 2.68 bits per heavy atom. The molecule has 2 heterocycles. The number of benzene rings is 1. The largest absolute Gasteiger partial charge is 0.497 e. The molecule has 1 aliphatic carbocycles. The smallest absolute Gasteiger partial charge is 0.317 e. The van der Waals surface area contributed by atoms with Gasteiger partial charge in [0.1, 0.15) is 5.75 Å². The van der Waals surface area contributed by atoms with Gasteiger partial charge in [0.05, 0.1) is 13.0 Å². The number of amides is 2. The first kappa shape index (κ1) is 18.8. The summed E-state index contributed by atoms with van der Waals surface area (Å²) in [5.74, 6) is 2.06. The van der Waals surface area contributed by atoms with Gasteiger partial charge < -0.3 is 19.5 Å². The molecule has 2 aliphatic rings. The van der Waals surface area contributed by atoms with E-state index in [0.29, 0.717) is 24.3 Å². The number of methoxy groups -OCH3 is 1. The van der Waals surface area contributed by atoms with Crippen molar-refractivity contribution in [3.8, 4) is 17.1 Å². The molecule has 28 heavy (non-hydrogen) atoms. The van der Waals surface area contributed by atoms with Gasteiger partial charge in [0, 0.05) is 24.7 Å². The van der Waals surface area contributed by atoms with Crippen molar-refractivity contribution < 1.29 is 14.1 Å². The van der Waals surface area contributed by atoms with Gasteiger partial charge in [-0.3, -0.25) is 0 Å². The predicted molar refractivity (Wildman–Crippen MR) is 105 cm³/mol. The van der Waals surface area contributed by atoms with Gasteiger partial charge in [-0.05, 0) is 49.9 Å². The molecule has 1 atom stereocenters. The number of nitrogens with one attached hydrogen (secondary N) is 1. The molecule has 7 heteroatoms. The minimum Gasteiger partial charge on any atom is -0.497 e.